The number of rotatable bonds is 6. The van der Waals surface area contributed by atoms with Crippen molar-refractivity contribution in [1.82, 2.24) is 15.3 Å². The molecule has 6 heteroatoms. The molecule has 1 amide bonds. The summed E-state index contributed by atoms with van der Waals surface area (Å²) in [5.74, 6) is 0.574. The number of carbonyl (C=O) groups is 1. The highest BCUT2D eigenvalue weighted by atomic mass is 32.1. The largest absolute Gasteiger partial charge is 0.485 e. The minimum Gasteiger partial charge on any atom is -0.485 e. The van der Waals surface area contributed by atoms with Crippen molar-refractivity contribution in [3.8, 4) is 5.75 Å². The number of carbonyl (C=O) groups excluding carboxylic acids is 1. The van der Waals surface area contributed by atoms with Gasteiger partial charge in [0.15, 0.2) is 0 Å². The number of aromatic nitrogens is 2. The average Bonchev–Trinajstić information content (AvgIpc) is 3.00. The van der Waals surface area contributed by atoms with E-state index in [1.165, 1.54) is 16.9 Å². The van der Waals surface area contributed by atoms with Gasteiger partial charge >= 0.3 is 0 Å². The van der Waals surface area contributed by atoms with Gasteiger partial charge in [-0.1, -0.05) is 29.8 Å². The van der Waals surface area contributed by atoms with E-state index in [2.05, 4.69) is 21.4 Å². The Morgan fingerprint density at radius 1 is 1.24 bits per heavy atom. The van der Waals surface area contributed by atoms with Crippen molar-refractivity contribution < 1.29 is 9.53 Å². The highest BCUT2D eigenvalue weighted by Gasteiger charge is 2.15. The molecule has 0 saturated carbocycles. The first-order valence-electron chi connectivity index (χ1n) is 7.94. The summed E-state index contributed by atoms with van der Waals surface area (Å²) in [4.78, 5) is 21.5. The zero-order valence-electron chi connectivity index (χ0n) is 14.2. The molecule has 0 saturated heterocycles. The first kappa shape index (κ1) is 17.1. The monoisotopic (exact) mass is 353 g/mol. The molecule has 3 aromatic rings. The van der Waals surface area contributed by atoms with E-state index < -0.39 is 0 Å². The lowest BCUT2D eigenvalue weighted by atomic mass is 10.1. The number of benzene rings is 1. The zero-order chi connectivity index (χ0) is 17.6. The third-order valence-corrected chi connectivity index (χ3v) is 4.71. The van der Waals surface area contributed by atoms with E-state index in [0.29, 0.717) is 23.8 Å². The molecule has 25 heavy (non-hydrogen) atoms. The third-order valence-electron chi connectivity index (χ3n) is 3.58. The molecule has 0 spiro atoms. The van der Waals surface area contributed by atoms with E-state index in [-0.39, 0.29) is 5.91 Å². The van der Waals surface area contributed by atoms with Crippen LogP contribution in [0.1, 0.15) is 31.5 Å². The van der Waals surface area contributed by atoms with Crippen molar-refractivity contribution in [3.05, 3.63) is 75.5 Å². The first-order chi connectivity index (χ1) is 12.1. The van der Waals surface area contributed by atoms with Gasteiger partial charge < -0.3 is 10.1 Å². The summed E-state index contributed by atoms with van der Waals surface area (Å²) >= 11 is 1.36. The fraction of sp³-hybridized carbons (Fsp3) is 0.211. The number of ether oxygens (including phenoxy) is 1. The summed E-state index contributed by atoms with van der Waals surface area (Å²) in [5, 5.41) is 3.72. The van der Waals surface area contributed by atoms with Crippen molar-refractivity contribution in [2.45, 2.75) is 27.0 Å². The van der Waals surface area contributed by atoms with Crippen LogP contribution in [-0.2, 0) is 13.2 Å². The summed E-state index contributed by atoms with van der Waals surface area (Å²) in [7, 11) is 0. The lowest BCUT2D eigenvalue weighted by Crippen LogP contribution is -2.22. The summed E-state index contributed by atoms with van der Waals surface area (Å²) in [6, 6.07) is 11.7. The Balaban J connectivity index is 1.60. The molecule has 1 aromatic carbocycles. The van der Waals surface area contributed by atoms with Gasteiger partial charge in [-0.2, -0.15) is 0 Å². The van der Waals surface area contributed by atoms with E-state index in [1.807, 2.05) is 44.2 Å². The Morgan fingerprint density at radius 3 is 2.88 bits per heavy atom. The van der Waals surface area contributed by atoms with Crippen molar-refractivity contribution in [1.29, 1.82) is 0 Å². The lowest BCUT2D eigenvalue weighted by Gasteiger charge is -2.05. The molecule has 2 aromatic heterocycles. The van der Waals surface area contributed by atoms with Crippen LogP contribution in [0.5, 0.6) is 5.75 Å². The second-order valence-electron chi connectivity index (χ2n) is 5.67. The third kappa shape index (κ3) is 4.64. The highest BCUT2D eigenvalue weighted by Crippen LogP contribution is 2.20. The summed E-state index contributed by atoms with van der Waals surface area (Å²) < 4.78 is 5.64. The number of hydrogen-bond donors (Lipinski definition) is 1. The maximum absolute atomic E-state index is 12.4. The van der Waals surface area contributed by atoms with Crippen LogP contribution >= 0.6 is 11.3 Å². The van der Waals surface area contributed by atoms with E-state index in [4.69, 9.17) is 4.74 Å². The van der Waals surface area contributed by atoms with Gasteiger partial charge in [0.2, 0.25) is 0 Å². The molecule has 0 aliphatic carbocycles. The Bertz CT molecular complexity index is 862. The normalized spacial score (nSPS) is 10.5. The van der Waals surface area contributed by atoms with Crippen LogP contribution in [0.4, 0.5) is 0 Å². The molecule has 0 aliphatic rings. The maximum Gasteiger partial charge on any atom is 0.263 e. The van der Waals surface area contributed by atoms with Crippen LogP contribution in [0.15, 0.2) is 48.8 Å². The Morgan fingerprint density at radius 2 is 2.12 bits per heavy atom. The number of thiazole rings is 1. The minimum absolute atomic E-state index is 0.107. The van der Waals surface area contributed by atoms with Crippen LogP contribution in [0, 0.1) is 13.8 Å². The van der Waals surface area contributed by atoms with Crippen molar-refractivity contribution in [3.63, 3.8) is 0 Å². The number of aryl methyl sites for hydroxylation is 2. The van der Waals surface area contributed by atoms with Crippen LogP contribution < -0.4 is 10.1 Å². The fourth-order valence-electron chi connectivity index (χ4n) is 2.39. The number of hydrogen-bond acceptors (Lipinski definition) is 5. The maximum atomic E-state index is 12.4. The van der Waals surface area contributed by atoms with Gasteiger partial charge in [-0.3, -0.25) is 9.78 Å². The topological polar surface area (TPSA) is 64.1 Å². The second kappa shape index (κ2) is 7.90. The molecule has 0 atom stereocenters. The van der Waals surface area contributed by atoms with E-state index >= 15 is 0 Å². The summed E-state index contributed by atoms with van der Waals surface area (Å²) in [6.07, 6.45) is 3.34. The van der Waals surface area contributed by atoms with Gasteiger partial charge in [-0.05, 0) is 31.5 Å². The number of nitrogens with one attached hydrogen (secondary N) is 1. The average molecular weight is 353 g/mol. The van der Waals surface area contributed by atoms with Gasteiger partial charge in [-0.15, -0.1) is 11.3 Å². The number of amides is 1. The summed E-state index contributed by atoms with van der Waals surface area (Å²) in [6.45, 7) is 4.70. The molecule has 0 fully saturated rings. The quantitative estimate of drug-likeness (QED) is 0.734. The van der Waals surface area contributed by atoms with Gasteiger partial charge in [-0.25, -0.2) is 4.98 Å². The van der Waals surface area contributed by atoms with Crippen LogP contribution in [0.25, 0.3) is 0 Å². The van der Waals surface area contributed by atoms with E-state index in [1.54, 1.807) is 12.4 Å². The second-order valence-corrected chi connectivity index (χ2v) is 6.75. The van der Waals surface area contributed by atoms with Crippen molar-refractivity contribution >= 4 is 17.2 Å². The lowest BCUT2D eigenvalue weighted by molar-refractivity contribution is 0.0954. The van der Waals surface area contributed by atoms with Gasteiger partial charge in [0.05, 0.1) is 11.9 Å². The molecule has 5 nitrogen and oxygen atoms in total. The SMILES string of the molecule is Cc1cccc(CNC(=O)c2sc(COc3cccnc3)nc2C)c1. The predicted molar refractivity (Wildman–Crippen MR) is 97.8 cm³/mol. The standard InChI is InChI=1S/C19H19N3O2S/c1-13-5-3-6-15(9-13)10-21-19(23)18-14(2)22-17(25-18)12-24-16-7-4-8-20-11-16/h3-9,11H,10,12H2,1-2H3,(H,21,23). The van der Waals surface area contributed by atoms with Gasteiger partial charge in [0, 0.05) is 12.7 Å². The van der Waals surface area contributed by atoms with Crippen molar-refractivity contribution in [2.24, 2.45) is 0 Å². The highest BCUT2D eigenvalue weighted by molar-refractivity contribution is 7.13. The molecule has 0 bridgehead atoms. The molecule has 0 radical (unpaired) electrons. The smallest absolute Gasteiger partial charge is 0.263 e. The Labute approximate surface area is 150 Å². The Kier molecular flexibility index (Phi) is 5.40. The minimum atomic E-state index is -0.107. The van der Waals surface area contributed by atoms with Crippen molar-refractivity contribution in [2.75, 3.05) is 0 Å². The molecule has 0 unspecified atom stereocenters. The number of nitrogens with zero attached hydrogens (tertiary/aromatic N) is 2. The number of pyridine rings is 1. The molecular weight excluding hydrogens is 334 g/mol. The van der Waals surface area contributed by atoms with E-state index in [9.17, 15) is 4.79 Å². The van der Waals surface area contributed by atoms with Gasteiger partial charge in [0.1, 0.15) is 22.2 Å². The van der Waals surface area contributed by atoms with Crippen LogP contribution in [-0.4, -0.2) is 15.9 Å². The zero-order valence-corrected chi connectivity index (χ0v) is 15.0. The van der Waals surface area contributed by atoms with Crippen LogP contribution in [0.2, 0.25) is 0 Å². The Hall–Kier alpha value is -2.73. The molecule has 2 heterocycles. The molecule has 0 aliphatic heterocycles. The molecule has 3 rings (SSSR count). The molecular formula is C19H19N3O2S. The predicted octanol–water partition coefficient (Wildman–Crippen LogP) is 3.66. The van der Waals surface area contributed by atoms with Crippen LogP contribution in [0.3, 0.4) is 0 Å². The van der Waals surface area contributed by atoms with Gasteiger partial charge in [0.25, 0.3) is 5.91 Å². The summed E-state index contributed by atoms with van der Waals surface area (Å²) in [5.41, 5.74) is 2.97. The molecule has 1 N–H and O–H groups in total. The van der Waals surface area contributed by atoms with E-state index in [0.717, 1.165) is 16.3 Å². The fourth-order valence-corrected chi connectivity index (χ4v) is 3.28. The first-order valence-corrected chi connectivity index (χ1v) is 8.76. The molecule has 128 valence electrons.